The number of carboxylic acid groups (broad SMARTS) is 4. The molecule has 35 heavy (non-hydrogen) atoms. The van der Waals surface area contributed by atoms with Crippen LogP contribution in [0, 0.1) is 0 Å². The van der Waals surface area contributed by atoms with Crippen LogP contribution in [0.25, 0.3) is 0 Å². The van der Waals surface area contributed by atoms with Gasteiger partial charge in [0.15, 0.2) is 0 Å². The molecule has 194 valence electrons. The lowest BCUT2D eigenvalue weighted by molar-refractivity contribution is -0.145. The van der Waals surface area contributed by atoms with Gasteiger partial charge in [-0.15, -0.1) is 0 Å². The van der Waals surface area contributed by atoms with E-state index in [1.165, 1.54) is 0 Å². The van der Waals surface area contributed by atoms with E-state index in [9.17, 15) is 39.6 Å². The molecule has 13 nitrogen and oxygen atoms in total. The molecule has 0 spiro atoms. The first-order valence-corrected chi connectivity index (χ1v) is 11.2. The Morgan fingerprint density at radius 1 is 0.686 bits per heavy atom. The summed E-state index contributed by atoms with van der Waals surface area (Å²) in [6.07, 6.45) is 0. The number of benzene rings is 1. The van der Waals surface area contributed by atoms with E-state index >= 15 is 0 Å². The number of nitrogens with zero attached hydrogens (tertiary/aromatic N) is 4. The highest BCUT2D eigenvalue weighted by molar-refractivity contribution is 5.78. The van der Waals surface area contributed by atoms with Gasteiger partial charge in [-0.05, 0) is 6.07 Å². The second-order valence-corrected chi connectivity index (χ2v) is 8.42. The zero-order valence-electron chi connectivity index (χ0n) is 19.5. The Kier molecular flexibility index (Phi) is 10.9. The Hall–Kier alpha value is -3.26. The zero-order valence-corrected chi connectivity index (χ0v) is 19.5. The van der Waals surface area contributed by atoms with Gasteiger partial charge >= 0.3 is 23.9 Å². The van der Waals surface area contributed by atoms with Crippen LogP contribution >= 0.6 is 0 Å². The summed E-state index contributed by atoms with van der Waals surface area (Å²) >= 11 is 0. The smallest absolute Gasteiger partial charge is 0.325 e. The quantitative estimate of drug-likeness (QED) is 0.259. The number of carbonyl (C=O) groups is 4. The molecule has 0 aliphatic carbocycles. The van der Waals surface area contributed by atoms with E-state index in [2.05, 4.69) is 0 Å². The number of rotatable bonds is 9. The van der Waals surface area contributed by atoms with Gasteiger partial charge in [0.2, 0.25) is 0 Å². The van der Waals surface area contributed by atoms with Crippen molar-refractivity contribution in [3.05, 3.63) is 29.8 Å². The maximum absolute atomic E-state index is 12.3. The summed E-state index contributed by atoms with van der Waals surface area (Å²) in [5, 5.41) is 37.9. The molecule has 0 radical (unpaired) electrons. The predicted molar refractivity (Wildman–Crippen MR) is 125 cm³/mol. The van der Waals surface area contributed by atoms with Gasteiger partial charge in [0.1, 0.15) is 6.04 Å². The lowest BCUT2D eigenvalue weighted by Crippen LogP contribution is -2.49. The van der Waals surface area contributed by atoms with Crippen molar-refractivity contribution < 1.29 is 39.6 Å². The van der Waals surface area contributed by atoms with Crippen LogP contribution in [0.4, 0.5) is 5.69 Å². The highest BCUT2D eigenvalue weighted by atomic mass is 16.4. The van der Waals surface area contributed by atoms with Crippen molar-refractivity contribution in [2.45, 2.75) is 6.04 Å². The van der Waals surface area contributed by atoms with Crippen molar-refractivity contribution in [2.24, 2.45) is 0 Å². The number of hydrogen-bond acceptors (Lipinski definition) is 9. The molecule has 13 heteroatoms. The van der Waals surface area contributed by atoms with Crippen LogP contribution in [-0.2, 0) is 19.2 Å². The van der Waals surface area contributed by atoms with E-state index in [0.29, 0.717) is 11.3 Å². The summed E-state index contributed by atoms with van der Waals surface area (Å²) in [6.45, 7) is 0.957. The topological polar surface area (TPSA) is 188 Å². The summed E-state index contributed by atoms with van der Waals surface area (Å²) in [4.78, 5) is 53.0. The number of anilines is 1. The Bertz CT molecular complexity index is 866. The minimum absolute atomic E-state index is 0.179. The fourth-order valence-corrected chi connectivity index (χ4v) is 4.10. The summed E-state index contributed by atoms with van der Waals surface area (Å²) in [7, 11) is 0. The SMILES string of the molecule is Nc1ccccc1C(C(=O)O)N1CCN(CC(=O)O)CCN(CC(=O)O)CCN(CC(=O)O)CC1. The molecular formula is C22H33N5O8. The van der Waals surface area contributed by atoms with Crippen molar-refractivity contribution in [2.75, 3.05) is 77.7 Å². The molecule has 2 rings (SSSR count). The largest absolute Gasteiger partial charge is 0.480 e. The lowest BCUT2D eigenvalue weighted by Gasteiger charge is -2.35. The van der Waals surface area contributed by atoms with E-state index in [-0.39, 0.29) is 72.0 Å². The fraction of sp³-hybridized carbons (Fsp3) is 0.545. The maximum Gasteiger partial charge on any atom is 0.325 e. The predicted octanol–water partition coefficient (Wildman–Crippen LogP) is -1.13. The van der Waals surface area contributed by atoms with Gasteiger partial charge in [-0.25, -0.2) is 0 Å². The second-order valence-electron chi connectivity index (χ2n) is 8.42. The van der Waals surface area contributed by atoms with Crippen molar-refractivity contribution in [1.29, 1.82) is 0 Å². The van der Waals surface area contributed by atoms with Crippen molar-refractivity contribution >= 4 is 29.6 Å². The van der Waals surface area contributed by atoms with Gasteiger partial charge in [-0.3, -0.25) is 38.8 Å². The summed E-state index contributed by atoms with van der Waals surface area (Å²) in [5.41, 5.74) is 6.76. The second kappa shape index (κ2) is 13.6. The normalized spacial score (nSPS) is 18.7. The molecule has 1 aliphatic heterocycles. The number of para-hydroxylation sites is 1. The molecule has 1 unspecified atom stereocenters. The van der Waals surface area contributed by atoms with Crippen LogP contribution < -0.4 is 5.73 Å². The molecule has 1 fully saturated rings. The average molecular weight is 496 g/mol. The Balaban J connectivity index is 2.35. The van der Waals surface area contributed by atoms with Gasteiger partial charge < -0.3 is 26.2 Å². The molecule has 1 heterocycles. The minimum atomic E-state index is -1.13. The molecule has 6 N–H and O–H groups in total. The van der Waals surface area contributed by atoms with E-state index in [1.54, 1.807) is 43.9 Å². The number of aliphatic carboxylic acids is 4. The first kappa shape index (κ1) is 28.0. The van der Waals surface area contributed by atoms with E-state index < -0.39 is 29.9 Å². The van der Waals surface area contributed by atoms with E-state index in [4.69, 9.17) is 5.73 Å². The van der Waals surface area contributed by atoms with Crippen molar-refractivity contribution in [3.8, 4) is 0 Å². The molecule has 0 amide bonds. The summed E-state index contributed by atoms with van der Waals surface area (Å²) in [5.74, 6) is -4.27. The zero-order chi connectivity index (χ0) is 26.0. The first-order valence-electron chi connectivity index (χ1n) is 11.2. The van der Waals surface area contributed by atoms with Crippen molar-refractivity contribution in [1.82, 2.24) is 19.6 Å². The highest BCUT2D eigenvalue weighted by Gasteiger charge is 2.30. The third-order valence-electron chi connectivity index (χ3n) is 5.84. The average Bonchev–Trinajstić information content (AvgIpc) is 2.75. The highest BCUT2D eigenvalue weighted by Crippen LogP contribution is 2.26. The summed E-state index contributed by atoms with van der Waals surface area (Å²) in [6, 6.07) is 5.49. The maximum atomic E-state index is 12.3. The van der Waals surface area contributed by atoms with Gasteiger partial charge in [0.25, 0.3) is 0 Å². The first-order chi connectivity index (χ1) is 16.6. The van der Waals surface area contributed by atoms with E-state index in [1.807, 2.05) is 0 Å². The number of carboxylic acids is 4. The number of nitrogen functional groups attached to an aromatic ring is 1. The van der Waals surface area contributed by atoms with Crippen LogP contribution in [0.2, 0.25) is 0 Å². The van der Waals surface area contributed by atoms with Gasteiger partial charge in [-0.2, -0.15) is 0 Å². The fourth-order valence-electron chi connectivity index (χ4n) is 4.10. The lowest BCUT2D eigenvalue weighted by atomic mass is 10.0. The van der Waals surface area contributed by atoms with Gasteiger partial charge in [-0.1, -0.05) is 18.2 Å². The molecule has 1 aromatic carbocycles. The molecule has 1 aliphatic rings. The summed E-state index contributed by atoms with van der Waals surface area (Å²) < 4.78 is 0. The van der Waals surface area contributed by atoms with Crippen LogP contribution in [-0.4, -0.2) is 136 Å². The van der Waals surface area contributed by atoms with Gasteiger partial charge in [0.05, 0.1) is 19.6 Å². The van der Waals surface area contributed by atoms with Crippen LogP contribution in [0.15, 0.2) is 24.3 Å². The van der Waals surface area contributed by atoms with Crippen molar-refractivity contribution in [3.63, 3.8) is 0 Å². The third-order valence-corrected chi connectivity index (χ3v) is 5.84. The number of nitrogens with two attached hydrogens (primary N) is 1. The Morgan fingerprint density at radius 2 is 1.06 bits per heavy atom. The molecule has 1 saturated heterocycles. The van der Waals surface area contributed by atoms with Crippen LogP contribution in [0.3, 0.4) is 0 Å². The minimum Gasteiger partial charge on any atom is -0.480 e. The number of hydrogen-bond donors (Lipinski definition) is 5. The Morgan fingerprint density at radius 3 is 1.40 bits per heavy atom. The van der Waals surface area contributed by atoms with Crippen LogP contribution in [0.1, 0.15) is 11.6 Å². The molecule has 1 atom stereocenters. The van der Waals surface area contributed by atoms with Gasteiger partial charge in [0, 0.05) is 63.6 Å². The standard InChI is InChI=1S/C22H33N5O8/c23-17-4-2-1-3-16(17)21(22(34)35)27-11-9-25(14-19(30)31)7-5-24(13-18(28)29)6-8-26(10-12-27)15-20(32)33/h1-4,21H,5-15,23H2,(H,28,29)(H,30,31)(H,32,33)(H,34,35). The monoisotopic (exact) mass is 495 g/mol. The van der Waals surface area contributed by atoms with E-state index in [0.717, 1.165) is 0 Å². The molecule has 0 bridgehead atoms. The molecular weight excluding hydrogens is 462 g/mol. The Labute approximate surface area is 202 Å². The third kappa shape index (κ3) is 9.48. The molecule has 0 saturated carbocycles. The van der Waals surface area contributed by atoms with Crippen LogP contribution in [0.5, 0.6) is 0 Å². The molecule has 1 aromatic rings. The molecule has 0 aromatic heterocycles.